The smallest absolute Gasteiger partial charge is 0.182 e. The molecular formula is C25H24N2O2S. The number of benzene rings is 3. The first-order valence-corrected chi connectivity index (χ1v) is 11.1. The lowest BCUT2D eigenvalue weighted by molar-refractivity contribution is 0.100. The van der Waals surface area contributed by atoms with E-state index in [4.69, 9.17) is 4.74 Å². The zero-order valence-electron chi connectivity index (χ0n) is 17.0. The van der Waals surface area contributed by atoms with Crippen LogP contribution < -0.4 is 9.64 Å². The van der Waals surface area contributed by atoms with E-state index in [1.807, 2.05) is 66.7 Å². The minimum absolute atomic E-state index is 0.0541. The molecule has 1 aliphatic rings. The number of ketones is 1. The molecule has 0 aliphatic carbocycles. The lowest BCUT2D eigenvalue weighted by Gasteiger charge is -2.28. The molecule has 3 aromatic rings. The highest BCUT2D eigenvalue weighted by Gasteiger charge is 2.21. The van der Waals surface area contributed by atoms with E-state index in [9.17, 15) is 4.79 Å². The van der Waals surface area contributed by atoms with Crippen molar-refractivity contribution in [2.24, 2.45) is 4.99 Å². The zero-order valence-corrected chi connectivity index (χ0v) is 17.8. The summed E-state index contributed by atoms with van der Waals surface area (Å²) >= 11 is 1.72. The van der Waals surface area contributed by atoms with Gasteiger partial charge in [0.05, 0.1) is 6.54 Å². The van der Waals surface area contributed by atoms with Crippen molar-refractivity contribution in [1.82, 2.24) is 0 Å². The number of nitrogens with zero attached hydrogens (tertiary/aromatic N) is 2. The number of thioether (sulfide) groups is 1. The second kappa shape index (κ2) is 9.63. The zero-order chi connectivity index (χ0) is 20.8. The summed E-state index contributed by atoms with van der Waals surface area (Å²) in [5.74, 6) is 2.56. The van der Waals surface area contributed by atoms with Gasteiger partial charge in [0.15, 0.2) is 11.0 Å². The van der Waals surface area contributed by atoms with Gasteiger partial charge in [0.25, 0.3) is 0 Å². The maximum absolute atomic E-state index is 13.1. The first-order chi connectivity index (χ1) is 14.7. The van der Waals surface area contributed by atoms with E-state index in [0.717, 1.165) is 40.9 Å². The molecule has 0 aromatic heterocycles. The van der Waals surface area contributed by atoms with Crippen LogP contribution in [0.25, 0.3) is 0 Å². The molecule has 0 saturated carbocycles. The van der Waals surface area contributed by atoms with Crippen molar-refractivity contribution >= 4 is 28.4 Å². The predicted molar refractivity (Wildman–Crippen MR) is 125 cm³/mol. The molecule has 5 heteroatoms. The quantitative estimate of drug-likeness (QED) is 0.464. The summed E-state index contributed by atoms with van der Waals surface area (Å²) in [6.45, 7) is 3.14. The van der Waals surface area contributed by atoms with Crippen LogP contribution in [0.3, 0.4) is 0 Å². The Morgan fingerprint density at radius 3 is 2.37 bits per heavy atom. The number of para-hydroxylation sites is 2. The average Bonchev–Trinajstić information content (AvgIpc) is 2.80. The van der Waals surface area contributed by atoms with Gasteiger partial charge in [0.1, 0.15) is 11.5 Å². The van der Waals surface area contributed by atoms with Crippen LogP contribution in [0, 0.1) is 6.92 Å². The van der Waals surface area contributed by atoms with Gasteiger partial charge in [-0.25, -0.2) is 0 Å². The first-order valence-electron chi connectivity index (χ1n) is 10.1. The number of hydrogen-bond donors (Lipinski definition) is 0. The van der Waals surface area contributed by atoms with E-state index in [0.29, 0.717) is 11.3 Å². The van der Waals surface area contributed by atoms with Crippen molar-refractivity contribution < 1.29 is 9.53 Å². The molecule has 0 atom stereocenters. The first kappa shape index (κ1) is 20.2. The van der Waals surface area contributed by atoms with Crippen molar-refractivity contribution in [2.75, 3.05) is 23.7 Å². The second-order valence-electron chi connectivity index (χ2n) is 7.10. The van der Waals surface area contributed by atoms with Gasteiger partial charge >= 0.3 is 0 Å². The van der Waals surface area contributed by atoms with E-state index in [-0.39, 0.29) is 12.3 Å². The fraction of sp³-hybridized carbons (Fsp3) is 0.200. The molecule has 4 nitrogen and oxygen atoms in total. The summed E-state index contributed by atoms with van der Waals surface area (Å²) in [4.78, 5) is 19.8. The Labute approximate surface area is 181 Å². The number of aliphatic imine (C=N–C) groups is 1. The molecule has 3 aromatic carbocycles. The normalized spacial score (nSPS) is 13.4. The van der Waals surface area contributed by atoms with Gasteiger partial charge in [-0.2, -0.15) is 0 Å². The highest BCUT2D eigenvalue weighted by molar-refractivity contribution is 8.14. The number of carbonyl (C=O) groups is 1. The van der Waals surface area contributed by atoms with Crippen molar-refractivity contribution in [3.63, 3.8) is 0 Å². The Kier molecular flexibility index (Phi) is 6.50. The summed E-state index contributed by atoms with van der Waals surface area (Å²) in [5, 5.41) is 0.924. The number of anilines is 1. The van der Waals surface area contributed by atoms with Gasteiger partial charge in [-0.1, -0.05) is 48.2 Å². The van der Waals surface area contributed by atoms with E-state index in [1.54, 1.807) is 11.8 Å². The molecular weight excluding hydrogens is 392 g/mol. The molecule has 152 valence electrons. The van der Waals surface area contributed by atoms with Crippen LogP contribution >= 0.6 is 11.8 Å². The summed E-state index contributed by atoms with van der Waals surface area (Å²) in [7, 11) is 0. The fourth-order valence-electron chi connectivity index (χ4n) is 3.30. The molecule has 0 amide bonds. The molecule has 1 aliphatic heterocycles. The standard InChI is InChI=1S/C25H24N2O2S/c1-19-8-5-6-11-23(19)27(25-26-16-7-17-30-25)18-24(28)20-12-14-22(15-13-20)29-21-9-3-2-4-10-21/h2-6,8-15H,7,16-18H2,1H3. The van der Waals surface area contributed by atoms with Gasteiger partial charge in [-0.3, -0.25) is 9.79 Å². The summed E-state index contributed by atoms with van der Waals surface area (Å²) < 4.78 is 5.83. The Morgan fingerprint density at radius 2 is 1.67 bits per heavy atom. The molecule has 4 rings (SSSR count). The van der Waals surface area contributed by atoms with E-state index in [1.165, 1.54) is 0 Å². The number of amidine groups is 1. The van der Waals surface area contributed by atoms with Crippen LogP contribution in [0.4, 0.5) is 5.69 Å². The summed E-state index contributed by atoms with van der Waals surface area (Å²) in [6.07, 6.45) is 1.08. The third-order valence-electron chi connectivity index (χ3n) is 4.87. The molecule has 0 fully saturated rings. The highest BCUT2D eigenvalue weighted by Crippen LogP contribution is 2.27. The van der Waals surface area contributed by atoms with Crippen LogP contribution in [0.5, 0.6) is 11.5 Å². The SMILES string of the molecule is Cc1ccccc1N(CC(=O)c1ccc(Oc2ccccc2)cc1)C1=NCCCS1. The number of rotatable bonds is 6. The van der Waals surface area contributed by atoms with Crippen molar-refractivity contribution in [3.8, 4) is 11.5 Å². The third kappa shape index (κ3) is 4.92. The molecule has 0 spiro atoms. The van der Waals surface area contributed by atoms with Gasteiger partial charge in [0.2, 0.25) is 0 Å². The summed E-state index contributed by atoms with van der Waals surface area (Å²) in [5.41, 5.74) is 2.82. The van der Waals surface area contributed by atoms with Crippen molar-refractivity contribution in [2.45, 2.75) is 13.3 Å². The maximum atomic E-state index is 13.1. The van der Waals surface area contributed by atoms with Gasteiger partial charge in [0, 0.05) is 23.5 Å². The van der Waals surface area contributed by atoms with Gasteiger partial charge in [-0.15, -0.1) is 0 Å². The average molecular weight is 417 g/mol. The lowest BCUT2D eigenvalue weighted by atomic mass is 10.1. The van der Waals surface area contributed by atoms with Gasteiger partial charge < -0.3 is 9.64 Å². The fourth-order valence-corrected chi connectivity index (χ4v) is 4.26. The molecule has 0 bridgehead atoms. The molecule has 0 saturated heterocycles. The Balaban J connectivity index is 1.52. The van der Waals surface area contributed by atoms with E-state index in [2.05, 4.69) is 28.9 Å². The van der Waals surface area contributed by atoms with Crippen molar-refractivity contribution in [3.05, 3.63) is 90.0 Å². The Bertz CT molecular complexity index is 1030. The molecule has 0 radical (unpaired) electrons. The molecule has 0 N–H and O–H groups in total. The second-order valence-corrected chi connectivity index (χ2v) is 8.16. The molecule has 0 unspecified atom stereocenters. The van der Waals surface area contributed by atoms with Gasteiger partial charge in [-0.05, 0) is 61.4 Å². The molecule has 1 heterocycles. The lowest BCUT2D eigenvalue weighted by Crippen LogP contribution is -2.36. The number of carbonyl (C=O) groups excluding carboxylic acids is 1. The van der Waals surface area contributed by atoms with Crippen LogP contribution in [-0.4, -0.2) is 29.8 Å². The Hall–Kier alpha value is -3.05. The number of ether oxygens (including phenoxy) is 1. The van der Waals surface area contributed by atoms with Crippen LogP contribution in [-0.2, 0) is 0 Å². The highest BCUT2D eigenvalue weighted by atomic mass is 32.2. The number of Topliss-reactive ketones (excluding diaryl/α,β-unsaturated/α-hetero) is 1. The van der Waals surface area contributed by atoms with E-state index < -0.39 is 0 Å². The predicted octanol–water partition coefficient (Wildman–Crippen LogP) is 5.97. The van der Waals surface area contributed by atoms with Crippen LogP contribution in [0.1, 0.15) is 22.3 Å². The maximum Gasteiger partial charge on any atom is 0.182 e. The van der Waals surface area contributed by atoms with Crippen LogP contribution in [0.2, 0.25) is 0 Å². The number of aryl methyl sites for hydroxylation is 1. The monoisotopic (exact) mass is 416 g/mol. The number of hydrogen-bond acceptors (Lipinski definition) is 5. The third-order valence-corrected chi connectivity index (χ3v) is 5.98. The minimum atomic E-state index is 0.0541. The van der Waals surface area contributed by atoms with E-state index >= 15 is 0 Å². The van der Waals surface area contributed by atoms with Crippen molar-refractivity contribution in [1.29, 1.82) is 0 Å². The minimum Gasteiger partial charge on any atom is -0.457 e. The summed E-state index contributed by atoms with van der Waals surface area (Å²) in [6, 6.07) is 25.1. The van der Waals surface area contributed by atoms with Crippen LogP contribution in [0.15, 0.2) is 83.9 Å². The largest absolute Gasteiger partial charge is 0.457 e. The Morgan fingerprint density at radius 1 is 0.967 bits per heavy atom. The molecule has 30 heavy (non-hydrogen) atoms. The topological polar surface area (TPSA) is 41.9 Å².